The highest BCUT2D eigenvalue weighted by Crippen LogP contribution is 2.41. The van der Waals surface area contributed by atoms with Gasteiger partial charge >= 0.3 is 6.03 Å². The number of hydrogen-bond donors (Lipinski definition) is 1. The van der Waals surface area contributed by atoms with Gasteiger partial charge in [0.15, 0.2) is 17.5 Å². The Bertz CT molecular complexity index is 790. The Balaban J connectivity index is 1.82. The third kappa shape index (κ3) is 3.18. The fourth-order valence-corrected chi connectivity index (χ4v) is 4.02. The molecule has 2 aromatic carbocycles. The largest absolute Gasteiger partial charge is 0.323 e. The number of halogens is 4. The monoisotopic (exact) mass is 372 g/mol. The van der Waals surface area contributed by atoms with E-state index >= 15 is 0 Å². The Kier molecular flexibility index (Phi) is 4.91. The van der Waals surface area contributed by atoms with Gasteiger partial charge in [0, 0.05) is 22.9 Å². The molecule has 1 heterocycles. The van der Waals surface area contributed by atoms with E-state index in [2.05, 4.69) is 5.32 Å². The van der Waals surface area contributed by atoms with Gasteiger partial charge in [-0.15, -0.1) is 11.8 Å². The van der Waals surface area contributed by atoms with Crippen LogP contribution in [0.3, 0.4) is 0 Å². The van der Waals surface area contributed by atoms with Crippen LogP contribution in [0.2, 0.25) is 5.02 Å². The Morgan fingerprint density at radius 1 is 1.17 bits per heavy atom. The summed E-state index contributed by atoms with van der Waals surface area (Å²) in [6.07, 6.45) is 0. The van der Waals surface area contributed by atoms with E-state index in [1.54, 1.807) is 12.1 Å². The molecule has 0 radical (unpaired) electrons. The zero-order valence-electron chi connectivity index (χ0n) is 12.2. The molecule has 1 aliphatic heterocycles. The molecule has 2 amide bonds. The molecule has 126 valence electrons. The molecule has 1 fully saturated rings. The molecule has 0 spiro atoms. The molecule has 1 aliphatic rings. The molecule has 1 saturated heterocycles. The molecule has 0 aliphatic carbocycles. The van der Waals surface area contributed by atoms with E-state index < -0.39 is 29.2 Å². The van der Waals surface area contributed by atoms with Gasteiger partial charge in [0.2, 0.25) is 0 Å². The lowest BCUT2D eigenvalue weighted by Crippen LogP contribution is -2.34. The lowest BCUT2D eigenvalue weighted by Gasteiger charge is -2.25. The van der Waals surface area contributed by atoms with E-state index in [0.717, 1.165) is 17.7 Å². The second-order valence-electron chi connectivity index (χ2n) is 5.09. The van der Waals surface area contributed by atoms with E-state index in [0.29, 0.717) is 17.3 Å². The number of urea groups is 1. The lowest BCUT2D eigenvalue weighted by atomic mass is 10.2. The maximum absolute atomic E-state index is 13.7. The van der Waals surface area contributed by atoms with Crippen LogP contribution < -0.4 is 5.32 Å². The van der Waals surface area contributed by atoms with Crippen molar-refractivity contribution in [1.29, 1.82) is 0 Å². The van der Waals surface area contributed by atoms with Gasteiger partial charge in [-0.05, 0) is 18.2 Å². The molecule has 1 unspecified atom stereocenters. The van der Waals surface area contributed by atoms with Crippen molar-refractivity contribution in [2.24, 2.45) is 0 Å². The van der Waals surface area contributed by atoms with E-state index in [1.807, 2.05) is 12.1 Å². The van der Waals surface area contributed by atoms with Gasteiger partial charge in [-0.2, -0.15) is 0 Å². The van der Waals surface area contributed by atoms with E-state index in [-0.39, 0.29) is 5.37 Å². The fraction of sp³-hybridized carbons (Fsp3) is 0.188. The highest BCUT2D eigenvalue weighted by atomic mass is 35.5. The van der Waals surface area contributed by atoms with Gasteiger partial charge in [0.1, 0.15) is 5.37 Å². The minimum Gasteiger partial charge on any atom is -0.308 e. The molecule has 0 saturated carbocycles. The summed E-state index contributed by atoms with van der Waals surface area (Å²) >= 11 is 7.69. The maximum Gasteiger partial charge on any atom is 0.323 e. The van der Waals surface area contributed by atoms with Crippen molar-refractivity contribution in [1.82, 2.24) is 4.90 Å². The molecular weight excluding hydrogens is 361 g/mol. The lowest BCUT2D eigenvalue weighted by molar-refractivity contribution is 0.214. The standard InChI is InChI=1S/C16H12ClF3N2OS/c17-10-4-2-1-3-9(10)15-22(7-8-24-15)16(23)21-12-6-5-11(18)13(19)14(12)20/h1-6,15H,7-8H2,(H,21,23). The Morgan fingerprint density at radius 3 is 2.67 bits per heavy atom. The topological polar surface area (TPSA) is 32.3 Å². The summed E-state index contributed by atoms with van der Waals surface area (Å²) in [7, 11) is 0. The number of anilines is 1. The first-order chi connectivity index (χ1) is 11.5. The molecule has 1 atom stereocenters. The number of rotatable bonds is 2. The van der Waals surface area contributed by atoms with Crippen molar-refractivity contribution >= 4 is 35.1 Å². The number of carbonyl (C=O) groups excluding carboxylic acids is 1. The molecule has 0 bridgehead atoms. The van der Waals surface area contributed by atoms with Crippen LogP contribution in [0.5, 0.6) is 0 Å². The minimum absolute atomic E-state index is 0.327. The van der Waals surface area contributed by atoms with E-state index in [4.69, 9.17) is 11.6 Å². The van der Waals surface area contributed by atoms with Gasteiger partial charge in [-0.25, -0.2) is 18.0 Å². The third-order valence-electron chi connectivity index (χ3n) is 3.60. The molecular formula is C16H12ClF3N2OS. The van der Waals surface area contributed by atoms with Crippen molar-refractivity contribution in [3.63, 3.8) is 0 Å². The molecule has 0 aromatic heterocycles. The first-order valence-corrected chi connectivity index (χ1v) is 8.49. The predicted octanol–water partition coefficient (Wildman–Crippen LogP) is 5.04. The fourth-order valence-electron chi connectivity index (χ4n) is 2.42. The van der Waals surface area contributed by atoms with Crippen LogP contribution >= 0.6 is 23.4 Å². The second-order valence-corrected chi connectivity index (χ2v) is 6.69. The van der Waals surface area contributed by atoms with Gasteiger partial charge < -0.3 is 10.2 Å². The summed E-state index contributed by atoms with van der Waals surface area (Å²) in [6, 6.07) is 8.27. The maximum atomic E-state index is 13.7. The first-order valence-electron chi connectivity index (χ1n) is 7.06. The van der Waals surface area contributed by atoms with Gasteiger partial charge in [-0.3, -0.25) is 0 Å². The van der Waals surface area contributed by atoms with Gasteiger partial charge in [-0.1, -0.05) is 29.8 Å². The molecule has 2 aromatic rings. The third-order valence-corrected chi connectivity index (χ3v) is 5.19. The van der Waals surface area contributed by atoms with Crippen LogP contribution in [-0.2, 0) is 0 Å². The summed E-state index contributed by atoms with van der Waals surface area (Å²) in [4.78, 5) is 13.9. The predicted molar refractivity (Wildman–Crippen MR) is 88.7 cm³/mol. The number of nitrogens with zero attached hydrogens (tertiary/aromatic N) is 1. The van der Waals surface area contributed by atoms with Crippen LogP contribution in [0.1, 0.15) is 10.9 Å². The smallest absolute Gasteiger partial charge is 0.308 e. The van der Waals surface area contributed by atoms with Crippen LogP contribution in [0.15, 0.2) is 36.4 Å². The van der Waals surface area contributed by atoms with Crippen molar-refractivity contribution < 1.29 is 18.0 Å². The number of nitrogens with one attached hydrogen (secondary N) is 1. The summed E-state index contributed by atoms with van der Waals surface area (Å²) in [5.74, 6) is -3.67. The zero-order chi connectivity index (χ0) is 17.3. The van der Waals surface area contributed by atoms with E-state index in [1.165, 1.54) is 16.7 Å². The SMILES string of the molecule is O=C(Nc1ccc(F)c(F)c1F)N1CCSC1c1ccccc1Cl. The Labute approximate surface area is 145 Å². The highest BCUT2D eigenvalue weighted by molar-refractivity contribution is 7.99. The normalized spacial score (nSPS) is 17.2. The molecule has 8 heteroatoms. The highest BCUT2D eigenvalue weighted by Gasteiger charge is 2.32. The van der Waals surface area contributed by atoms with Crippen LogP contribution in [0.25, 0.3) is 0 Å². The number of carbonyl (C=O) groups is 1. The quantitative estimate of drug-likeness (QED) is 0.749. The van der Waals surface area contributed by atoms with Crippen molar-refractivity contribution in [3.8, 4) is 0 Å². The number of thioether (sulfide) groups is 1. The summed E-state index contributed by atoms with van der Waals surface area (Å²) in [5.41, 5.74) is 0.358. The number of hydrogen-bond acceptors (Lipinski definition) is 2. The number of amides is 2. The van der Waals surface area contributed by atoms with E-state index in [9.17, 15) is 18.0 Å². The molecule has 3 nitrogen and oxygen atoms in total. The molecule has 3 rings (SSSR count). The average molecular weight is 373 g/mol. The average Bonchev–Trinajstić information content (AvgIpc) is 3.05. The van der Waals surface area contributed by atoms with Gasteiger partial charge in [0.05, 0.1) is 5.69 Å². The Hall–Kier alpha value is -1.86. The van der Waals surface area contributed by atoms with Crippen LogP contribution in [-0.4, -0.2) is 23.2 Å². The van der Waals surface area contributed by atoms with Crippen LogP contribution in [0, 0.1) is 17.5 Å². The summed E-state index contributed by atoms with van der Waals surface area (Å²) in [5, 5.41) is 2.48. The summed E-state index contributed by atoms with van der Waals surface area (Å²) in [6.45, 7) is 0.428. The Morgan fingerprint density at radius 2 is 1.92 bits per heavy atom. The minimum atomic E-state index is -1.62. The molecule has 24 heavy (non-hydrogen) atoms. The number of benzene rings is 2. The van der Waals surface area contributed by atoms with Crippen LogP contribution in [0.4, 0.5) is 23.7 Å². The first kappa shape index (κ1) is 17.0. The molecule has 1 N–H and O–H groups in total. The van der Waals surface area contributed by atoms with Crippen molar-refractivity contribution in [2.75, 3.05) is 17.6 Å². The zero-order valence-corrected chi connectivity index (χ0v) is 13.8. The van der Waals surface area contributed by atoms with Crippen molar-refractivity contribution in [3.05, 3.63) is 64.4 Å². The summed E-state index contributed by atoms with van der Waals surface area (Å²) < 4.78 is 40.0. The second kappa shape index (κ2) is 6.94. The van der Waals surface area contributed by atoms with Crippen molar-refractivity contribution in [2.45, 2.75) is 5.37 Å². The van der Waals surface area contributed by atoms with Gasteiger partial charge in [0.25, 0.3) is 0 Å².